The molecule has 0 aromatic carbocycles. The van der Waals surface area contributed by atoms with Crippen molar-refractivity contribution in [3.05, 3.63) is 0 Å². The Balaban J connectivity index is 3.49. The summed E-state index contributed by atoms with van der Waals surface area (Å²) in [5.41, 5.74) is 0. The molecule has 11 heavy (non-hydrogen) atoms. The molecule has 0 saturated carbocycles. The summed E-state index contributed by atoms with van der Waals surface area (Å²) in [5, 5.41) is 9.31. The molecule has 0 heterocycles. The third-order valence-electron chi connectivity index (χ3n) is 1.95. The third kappa shape index (κ3) is 5.22. The molecule has 0 aliphatic heterocycles. The minimum Gasteiger partial charge on any atom is -0.393 e. The second-order valence-electron chi connectivity index (χ2n) is 2.94. The van der Waals surface area contributed by atoms with E-state index in [1.165, 1.54) is 0 Å². The fourth-order valence-electron chi connectivity index (χ4n) is 1.12. The molecular formula is C9H20O2. The van der Waals surface area contributed by atoms with E-state index in [0.717, 1.165) is 25.7 Å². The summed E-state index contributed by atoms with van der Waals surface area (Å²) in [6, 6.07) is 0. The SMILES string of the molecule is CCCC(CC(O)CC)OC. The van der Waals surface area contributed by atoms with Crippen LogP contribution in [0.5, 0.6) is 0 Å². The van der Waals surface area contributed by atoms with Gasteiger partial charge in [0.25, 0.3) is 0 Å². The average molecular weight is 160 g/mol. The van der Waals surface area contributed by atoms with Crippen LogP contribution in [-0.2, 0) is 4.74 Å². The molecule has 2 heteroatoms. The van der Waals surface area contributed by atoms with Crippen LogP contribution in [0.4, 0.5) is 0 Å². The Labute approximate surface area is 69.6 Å². The van der Waals surface area contributed by atoms with Gasteiger partial charge in [-0.3, -0.25) is 0 Å². The minimum atomic E-state index is -0.188. The number of rotatable bonds is 6. The van der Waals surface area contributed by atoms with E-state index >= 15 is 0 Å². The topological polar surface area (TPSA) is 29.5 Å². The smallest absolute Gasteiger partial charge is 0.0595 e. The molecule has 0 aromatic rings. The van der Waals surface area contributed by atoms with Crippen LogP contribution in [0.15, 0.2) is 0 Å². The van der Waals surface area contributed by atoms with Crippen LogP contribution in [0.2, 0.25) is 0 Å². The summed E-state index contributed by atoms with van der Waals surface area (Å²) < 4.78 is 5.20. The standard InChI is InChI=1S/C9H20O2/c1-4-6-9(11-3)7-8(10)5-2/h8-10H,4-7H2,1-3H3. The van der Waals surface area contributed by atoms with Gasteiger partial charge in [-0.25, -0.2) is 0 Å². The van der Waals surface area contributed by atoms with Crippen molar-refractivity contribution < 1.29 is 9.84 Å². The molecule has 0 saturated heterocycles. The molecular weight excluding hydrogens is 140 g/mol. The second-order valence-corrected chi connectivity index (χ2v) is 2.94. The van der Waals surface area contributed by atoms with Crippen molar-refractivity contribution in [3.63, 3.8) is 0 Å². The highest BCUT2D eigenvalue weighted by atomic mass is 16.5. The zero-order valence-corrected chi connectivity index (χ0v) is 7.84. The normalized spacial score (nSPS) is 16.4. The maximum Gasteiger partial charge on any atom is 0.0595 e. The van der Waals surface area contributed by atoms with E-state index in [4.69, 9.17) is 4.74 Å². The van der Waals surface area contributed by atoms with E-state index in [0.29, 0.717) is 0 Å². The molecule has 0 fully saturated rings. The molecule has 0 aromatic heterocycles. The largest absolute Gasteiger partial charge is 0.393 e. The quantitative estimate of drug-likeness (QED) is 0.643. The van der Waals surface area contributed by atoms with Gasteiger partial charge in [0.1, 0.15) is 0 Å². The lowest BCUT2D eigenvalue weighted by atomic mass is 10.1. The Morgan fingerprint density at radius 1 is 1.36 bits per heavy atom. The van der Waals surface area contributed by atoms with Gasteiger partial charge in [0.2, 0.25) is 0 Å². The Kier molecular flexibility index (Phi) is 6.57. The summed E-state index contributed by atoms with van der Waals surface area (Å²) in [6.45, 7) is 4.12. The monoisotopic (exact) mass is 160 g/mol. The number of ether oxygens (including phenoxy) is 1. The Morgan fingerprint density at radius 3 is 2.36 bits per heavy atom. The first kappa shape index (κ1) is 10.9. The third-order valence-corrected chi connectivity index (χ3v) is 1.95. The van der Waals surface area contributed by atoms with E-state index in [1.54, 1.807) is 7.11 Å². The number of hydrogen-bond donors (Lipinski definition) is 1. The van der Waals surface area contributed by atoms with Crippen molar-refractivity contribution in [2.45, 2.75) is 51.7 Å². The summed E-state index contributed by atoms with van der Waals surface area (Å²) in [4.78, 5) is 0. The Bertz CT molecular complexity index is 83.6. The zero-order valence-electron chi connectivity index (χ0n) is 7.84. The van der Waals surface area contributed by atoms with Crippen LogP contribution in [-0.4, -0.2) is 24.4 Å². The molecule has 68 valence electrons. The number of aliphatic hydroxyl groups excluding tert-OH is 1. The fraction of sp³-hybridized carbons (Fsp3) is 1.00. The summed E-state index contributed by atoms with van der Waals surface area (Å²) in [6.07, 6.45) is 3.83. The Morgan fingerprint density at radius 2 is 2.00 bits per heavy atom. The molecule has 0 amide bonds. The van der Waals surface area contributed by atoms with E-state index < -0.39 is 0 Å². The number of methoxy groups -OCH3 is 1. The van der Waals surface area contributed by atoms with Gasteiger partial charge in [-0.05, 0) is 19.3 Å². The van der Waals surface area contributed by atoms with Gasteiger partial charge in [-0.2, -0.15) is 0 Å². The van der Waals surface area contributed by atoms with E-state index in [2.05, 4.69) is 6.92 Å². The van der Waals surface area contributed by atoms with Crippen molar-refractivity contribution in [2.75, 3.05) is 7.11 Å². The highest BCUT2D eigenvalue weighted by Crippen LogP contribution is 2.10. The van der Waals surface area contributed by atoms with Gasteiger partial charge >= 0.3 is 0 Å². The first-order chi connectivity index (χ1) is 5.24. The van der Waals surface area contributed by atoms with Crippen LogP contribution in [0, 0.1) is 0 Å². The first-order valence-corrected chi connectivity index (χ1v) is 4.45. The van der Waals surface area contributed by atoms with Crippen LogP contribution in [0.1, 0.15) is 39.5 Å². The molecule has 2 unspecified atom stereocenters. The lowest BCUT2D eigenvalue weighted by Crippen LogP contribution is -2.18. The summed E-state index contributed by atoms with van der Waals surface area (Å²) >= 11 is 0. The highest BCUT2D eigenvalue weighted by molar-refractivity contribution is 4.62. The molecule has 0 bridgehead atoms. The van der Waals surface area contributed by atoms with Crippen molar-refractivity contribution in [2.24, 2.45) is 0 Å². The van der Waals surface area contributed by atoms with Crippen molar-refractivity contribution >= 4 is 0 Å². The molecule has 0 aliphatic rings. The van der Waals surface area contributed by atoms with E-state index in [1.807, 2.05) is 6.92 Å². The zero-order chi connectivity index (χ0) is 8.69. The van der Waals surface area contributed by atoms with E-state index in [9.17, 15) is 5.11 Å². The highest BCUT2D eigenvalue weighted by Gasteiger charge is 2.10. The van der Waals surface area contributed by atoms with Crippen LogP contribution < -0.4 is 0 Å². The fourth-order valence-corrected chi connectivity index (χ4v) is 1.12. The maximum absolute atomic E-state index is 9.31. The van der Waals surface area contributed by atoms with Crippen molar-refractivity contribution in [1.29, 1.82) is 0 Å². The summed E-state index contributed by atoms with van der Waals surface area (Å²) in [5.74, 6) is 0. The predicted octanol–water partition coefficient (Wildman–Crippen LogP) is 1.96. The lowest BCUT2D eigenvalue weighted by Gasteiger charge is -2.17. The molecule has 0 radical (unpaired) electrons. The van der Waals surface area contributed by atoms with Gasteiger partial charge in [-0.15, -0.1) is 0 Å². The maximum atomic E-state index is 9.31. The van der Waals surface area contributed by atoms with Gasteiger partial charge in [0, 0.05) is 7.11 Å². The summed E-state index contributed by atoms with van der Waals surface area (Å²) in [7, 11) is 1.71. The first-order valence-electron chi connectivity index (χ1n) is 4.45. The van der Waals surface area contributed by atoms with Crippen LogP contribution >= 0.6 is 0 Å². The predicted molar refractivity (Wildman–Crippen MR) is 46.6 cm³/mol. The number of aliphatic hydroxyl groups is 1. The Hall–Kier alpha value is -0.0800. The minimum absolute atomic E-state index is 0.188. The van der Waals surface area contributed by atoms with Gasteiger partial charge in [-0.1, -0.05) is 20.3 Å². The molecule has 0 rings (SSSR count). The van der Waals surface area contributed by atoms with Crippen LogP contribution in [0.3, 0.4) is 0 Å². The van der Waals surface area contributed by atoms with Gasteiger partial charge < -0.3 is 9.84 Å². The van der Waals surface area contributed by atoms with Gasteiger partial charge in [0.15, 0.2) is 0 Å². The van der Waals surface area contributed by atoms with Gasteiger partial charge in [0.05, 0.1) is 12.2 Å². The number of hydrogen-bond acceptors (Lipinski definition) is 2. The lowest BCUT2D eigenvalue weighted by molar-refractivity contribution is 0.0387. The molecule has 0 spiro atoms. The van der Waals surface area contributed by atoms with Crippen molar-refractivity contribution in [3.8, 4) is 0 Å². The van der Waals surface area contributed by atoms with E-state index in [-0.39, 0.29) is 12.2 Å². The molecule has 2 nitrogen and oxygen atoms in total. The molecule has 1 N–H and O–H groups in total. The molecule has 2 atom stereocenters. The molecule has 0 aliphatic carbocycles. The second kappa shape index (κ2) is 6.62. The van der Waals surface area contributed by atoms with Crippen LogP contribution in [0.25, 0.3) is 0 Å². The average Bonchev–Trinajstić information content (AvgIpc) is 2.03. The van der Waals surface area contributed by atoms with Crippen molar-refractivity contribution in [1.82, 2.24) is 0 Å².